The van der Waals surface area contributed by atoms with Crippen LogP contribution < -0.4 is 15.4 Å². The maximum atomic E-state index is 12.3. The molecule has 172 valence electrons. The lowest BCUT2D eigenvalue weighted by Crippen LogP contribution is -2.41. The lowest BCUT2D eigenvalue weighted by Gasteiger charge is -2.12. The van der Waals surface area contributed by atoms with Crippen LogP contribution in [0, 0.1) is 5.92 Å². The number of benzene rings is 1. The Kier molecular flexibility index (Phi) is 13.9. The van der Waals surface area contributed by atoms with E-state index < -0.39 is 10.0 Å². The van der Waals surface area contributed by atoms with E-state index in [9.17, 15) is 8.42 Å². The minimum Gasteiger partial charge on any atom is -0.381 e. The maximum Gasteiger partial charge on any atom is 0.240 e. The first kappa shape index (κ1) is 27.4. The van der Waals surface area contributed by atoms with E-state index in [2.05, 4.69) is 20.3 Å². The fourth-order valence-electron chi connectivity index (χ4n) is 2.75. The number of aliphatic imine (C=N–C) groups is 1. The highest BCUT2D eigenvalue weighted by Gasteiger charge is 2.15. The van der Waals surface area contributed by atoms with Gasteiger partial charge in [0, 0.05) is 50.3 Å². The molecule has 0 spiro atoms. The third-order valence-corrected chi connectivity index (χ3v) is 5.95. The molecular formula is C19H32ClIN4O4S. The predicted molar refractivity (Wildman–Crippen MR) is 130 cm³/mol. The molecule has 1 unspecified atom stereocenters. The lowest BCUT2D eigenvalue weighted by atomic mass is 10.1. The van der Waals surface area contributed by atoms with Crippen molar-refractivity contribution < 1.29 is 17.9 Å². The Hall–Kier alpha value is -0.660. The standard InChI is InChI=1S/C19H31ClN4O4S.HI/c1-2-21-19(22-8-4-11-27-14-16-7-12-28-15-16)23-9-10-24-29(25,26)18-6-3-5-17(20)13-18;/h3,5-6,13,16,24H,2,4,7-12,14-15H2,1H3,(H2,21,22,23);1H. The van der Waals surface area contributed by atoms with Gasteiger partial charge in [0.05, 0.1) is 18.1 Å². The second-order valence-electron chi connectivity index (χ2n) is 6.70. The fourth-order valence-corrected chi connectivity index (χ4v) is 4.08. The quantitative estimate of drug-likeness (QED) is 0.153. The Labute approximate surface area is 201 Å². The zero-order valence-corrected chi connectivity index (χ0v) is 21.1. The molecule has 1 heterocycles. The molecule has 0 aromatic heterocycles. The highest BCUT2D eigenvalue weighted by Crippen LogP contribution is 2.15. The smallest absolute Gasteiger partial charge is 0.240 e. The second-order valence-corrected chi connectivity index (χ2v) is 8.90. The van der Waals surface area contributed by atoms with Crippen molar-refractivity contribution in [2.24, 2.45) is 10.9 Å². The van der Waals surface area contributed by atoms with Crippen molar-refractivity contribution in [1.29, 1.82) is 0 Å². The van der Waals surface area contributed by atoms with Crippen molar-refractivity contribution >= 4 is 51.6 Å². The van der Waals surface area contributed by atoms with Crippen molar-refractivity contribution in [3.8, 4) is 0 Å². The van der Waals surface area contributed by atoms with Crippen molar-refractivity contribution in [3.63, 3.8) is 0 Å². The molecule has 3 N–H and O–H groups in total. The Morgan fingerprint density at radius 2 is 2.17 bits per heavy atom. The van der Waals surface area contributed by atoms with Gasteiger partial charge in [-0.2, -0.15) is 0 Å². The summed E-state index contributed by atoms with van der Waals surface area (Å²) in [4.78, 5) is 4.63. The molecule has 1 atom stereocenters. The molecule has 0 bridgehead atoms. The highest BCUT2D eigenvalue weighted by molar-refractivity contribution is 14.0. The van der Waals surface area contributed by atoms with Crippen LogP contribution in [0.2, 0.25) is 5.02 Å². The topological polar surface area (TPSA) is 101 Å². The molecule has 1 aromatic carbocycles. The van der Waals surface area contributed by atoms with Crippen LogP contribution in [0.25, 0.3) is 0 Å². The van der Waals surface area contributed by atoms with E-state index in [0.717, 1.165) is 39.2 Å². The largest absolute Gasteiger partial charge is 0.381 e. The van der Waals surface area contributed by atoms with Crippen LogP contribution in [0.5, 0.6) is 0 Å². The third-order valence-electron chi connectivity index (χ3n) is 4.25. The third kappa shape index (κ3) is 10.6. The molecular weight excluding hydrogens is 543 g/mol. The summed E-state index contributed by atoms with van der Waals surface area (Å²) in [6.07, 6.45) is 1.90. The molecule has 11 heteroatoms. The van der Waals surface area contributed by atoms with E-state index in [4.69, 9.17) is 21.1 Å². The fraction of sp³-hybridized carbons (Fsp3) is 0.632. The maximum absolute atomic E-state index is 12.3. The number of ether oxygens (including phenoxy) is 2. The van der Waals surface area contributed by atoms with Gasteiger partial charge >= 0.3 is 0 Å². The van der Waals surface area contributed by atoms with Crippen LogP contribution in [0.3, 0.4) is 0 Å². The number of nitrogens with one attached hydrogen (secondary N) is 3. The molecule has 0 radical (unpaired) electrons. The second kappa shape index (κ2) is 15.2. The van der Waals surface area contributed by atoms with E-state index in [-0.39, 0.29) is 35.4 Å². The summed E-state index contributed by atoms with van der Waals surface area (Å²) in [6.45, 7) is 7.01. The van der Waals surface area contributed by atoms with Gasteiger partial charge in [0.1, 0.15) is 0 Å². The first-order valence-corrected chi connectivity index (χ1v) is 11.8. The van der Waals surface area contributed by atoms with Crippen molar-refractivity contribution in [3.05, 3.63) is 29.3 Å². The minimum absolute atomic E-state index is 0. The summed E-state index contributed by atoms with van der Waals surface area (Å²) in [7, 11) is -3.59. The molecule has 1 saturated heterocycles. The summed E-state index contributed by atoms with van der Waals surface area (Å²) in [6, 6.07) is 6.17. The number of hydrogen-bond acceptors (Lipinski definition) is 5. The minimum atomic E-state index is -3.59. The molecule has 0 aliphatic carbocycles. The number of halogens is 2. The van der Waals surface area contributed by atoms with Crippen LogP contribution in [-0.4, -0.2) is 67.0 Å². The van der Waals surface area contributed by atoms with Gasteiger partial charge in [-0.05, 0) is 38.0 Å². The number of hydrogen-bond donors (Lipinski definition) is 3. The van der Waals surface area contributed by atoms with E-state index in [0.29, 0.717) is 36.6 Å². The molecule has 1 aliphatic rings. The normalized spacial score (nSPS) is 16.9. The zero-order chi connectivity index (χ0) is 21.0. The Morgan fingerprint density at radius 3 is 2.87 bits per heavy atom. The Balaban J connectivity index is 0.00000450. The van der Waals surface area contributed by atoms with Gasteiger partial charge in [0.25, 0.3) is 0 Å². The summed E-state index contributed by atoms with van der Waals surface area (Å²) >= 11 is 5.86. The van der Waals surface area contributed by atoms with Crippen LogP contribution in [0.1, 0.15) is 19.8 Å². The number of rotatable bonds is 12. The summed E-state index contributed by atoms with van der Waals surface area (Å²) in [5.74, 6) is 1.17. The van der Waals surface area contributed by atoms with Gasteiger partial charge in [-0.3, -0.25) is 4.99 Å². The van der Waals surface area contributed by atoms with E-state index in [1.54, 1.807) is 12.1 Å². The number of nitrogens with zero attached hydrogens (tertiary/aromatic N) is 1. The van der Waals surface area contributed by atoms with Gasteiger partial charge in [-0.25, -0.2) is 13.1 Å². The summed E-state index contributed by atoms with van der Waals surface area (Å²) in [5, 5.41) is 6.64. The zero-order valence-electron chi connectivity index (χ0n) is 17.2. The van der Waals surface area contributed by atoms with E-state index in [1.807, 2.05) is 6.92 Å². The molecule has 1 aromatic rings. The lowest BCUT2D eigenvalue weighted by molar-refractivity contribution is 0.0893. The first-order valence-electron chi connectivity index (χ1n) is 9.94. The predicted octanol–water partition coefficient (Wildman–Crippen LogP) is 2.23. The Morgan fingerprint density at radius 1 is 1.33 bits per heavy atom. The van der Waals surface area contributed by atoms with Gasteiger partial charge < -0.3 is 20.1 Å². The van der Waals surface area contributed by atoms with Crippen molar-refractivity contribution in [2.45, 2.75) is 24.7 Å². The highest BCUT2D eigenvalue weighted by atomic mass is 127. The van der Waals surface area contributed by atoms with E-state index in [1.165, 1.54) is 12.1 Å². The average molecular weight is 575 g/mol. The monoisotopic (exact) mass is 574 g/mol. The first-order chi connectivity index (χ1) is 14.0. The van der Waals surface area contributed by atoms with Gasteiger partial charge in [-0.15, -0.1) is 24.0 Å². The van der Waals surface area contributed by atoms with E-state index >= 15 is 0 Å². The summed E-state index contributed by atoms with van der Waals surface area (Å²) < 4.78 is 38.1. The molecule has 1 aliphatic heterocycles. The Bertz CT molecular complexity index is 746. The number of guanidine groups is 1. The van der Waals surface area contributed by atoms with Crippen molar-refractivity contribution in [2.75, 3.05) is 52.6 Å². The van der Waals surface area contributed by atoms with Crippen LogP contribution in [0.4, 0.5) is 0 Å². The number of sulfonamides is 1. The van der Waals surface area contributed by atoms with Crippen LogP contribution in [-0.2, 0) is 19.5 Å². The SMILES string of the molecule is CCNC(=NCCCOCC1CCOC1)NCCNS(=O)(=O)c1cccc(Cl)c1.I. The molecule has 8 nitrogen and oxygen atoms in total. The summed E-state index contributed by atoms with van der Waals surface area (Å²) in [5.41, 5.74) is 0. The van der Waals surface area contributed by atoms with Gasteiger partial charge in [-0.1, -0.05) is 17.7 Å². The van der Waals surface area contributed by atoms with Gasteiger partial charge in [0.15, 0.2) is 5.96 Å². The van der Waals surface area contributed by atoms with Crippen LogP contribution in [0.15, 0.2) is 34.2 Å². The van der Waals surface area contributed by atoms with Crippen LogP contribution >= 0.6 is 35.6 Å². The van der Waals surface area contributed by atoms with Gasteiger partial charge in [0.2, 0.25) is 10.0 Å². The molecule has 30 heavy (non-hydrogen) atoms. The molecule has 1 fully saturated rings. The molecule has 0 amide bonds. The van der Waals surface area contributed by atoms with Crippen molar-refractivity contribution in [1.82, 2.24) is 15.4 Å². The molecule has 0 saturated carbocycles. The molecule has 2 rings (SSSR count). The average Bonchev–Trinajstić information content (AvgIpc) is 3.21.